The topological polar surface area (TPSA) is 61.4 Å². The first-order valence-electron chi connectivity index (χ1n) is 9.42. The largest absolute Gasteiger partial charge is 0.418 e. The van der Waals surface area contributed by atoms with Gasteiger partial charge in [0.2, 0.25) is 11.8 Å². The number of benzene rings is 2. The number of hydrogen-bond donors (Lipinski definition) is 2. The molecule has 0 radical (unpaired) electrons. The Kier molecular flexibility index (Phi) is 9.19. The molecule has 0 saturated carbocycles. The predicted molar refractivity (Wildman–Crippen MR) is 112 cm³/mol. The van der Waals surface area contributed by atoms with E-state index in [0.717, 1.165) is 11.0 Å². The van der Waals surface area contributed by atoms with Gasteiger partial charge in [0.25, 0.3) is 0 Å². The third-order valence-corrected chi connectivity index (χ3v) is 5.14. The minimum absolute atomic E-state index is 0.0131. The average molecular weight is 440 g/mol. The molecule has 0 aliphatic carbocycles. The van der Waals surface area contributed by atoms with E-state index in [0.29, 0.717) is 18.8 Å². The Morgan fingerprint density at radius 1 is 0.967 bits per heavy atom. The van der Waals surface area contributed by atoms with Crippen molar-refractivity contribution in [1.82, 2.24) is 10.2 Å². The smallest absolute Gasteiger partial charge is 0.354 e. The lowest BCUT2D eigenvalue weighted by molar-refractivity contribution is -0.137. The molecule has 2 rings (SSSR count). The minimum Gasteiger partial charge on any atom is -0.354 e. The van der Waals surface area contributed by atoms with Crippen LogP contribution in [0.25, 0.3) is 0 Å². The summed E-state index contributed by atoms with van der Waals surface area (Å²) in [7, 11) is 0. The van der Waals surface area contributed by atoms with Crippen LogP contribution < -0.4 is 10.6 Å². The van der Waals surface area contributed by atoms with Crippen LogP contribution in [0.3, 0.4) is 0 Å². The number of nitrogens with zero attached hydrogens (tertiary/aromatic N) is 1. The number of thioether (sulfide) groups is 1. The number of likely N-dealkylation sites (N-methyl/N-ethyl adjacent to an activating group) is 1. The van der Waals surface area contributed by atoms with Crippen LogP contribution in [0.4, 0.5) is 18.9 Å². The zero-order chi connectivity index (χ0) is 22.0. The lowest BCUT2D eigenvalue weighted by atomic mass is 10.1. The van der Waals surface area contributed by atoms with Gasteiger partial charge in [-0.05, 0) is 30.8 Å². The lowest BCUT2D eigenvalue weighted by Gasteiger charge is -2.20. The van der Waals surface area contributed by atoms with Gasteiger partial charge in [-0.15, -0.1) is 11.8 Å². The van der Waals surface area contributed by atoms with Crippen LogP contribution in [-0.4, -0.2) is 48.6 Å². The molecule has 30 heavy (non-hydrogen) atoms. The summed E-state index contributed by atoms with van der Waals surface area (Å²) in [6.45, 7) is 2.45. The van der Waals surface area contributed by atoms with E-state index in [1.807, 2.05) is 30.3 Å². The second-order valence-electron chi connectivity index (χ2n) is 6.41. The standard InChI is InChI=1S/C21H24F3N3O2S/c1-2-27(14-19(28)25-12-13-30-16-8-4-3-5-9-16)15-20(29)26-18-11-7-6-10-17(18)21(22,23)24/h3-11H,2,12-15H2,1H3,(H,25,28)(H,26,29). The van der Waals surface area contributed by atoms with Gasteiger partial charge < -0.3 is 10.6 Å². The molecule has 0 aromatic heterocycles. The maximum atomic E-state index is 13.0. The first kappa shape index (κ1) is 23.8. The minimum atomic E-state index is -4.56. The number of carbonyl (C=O) groups excluding carboxylic acids is 2. The molecule has 0 atom stereocenters. The lowest BCUT2D eigenvalue weighted by Crippen LogP contribution is -2.41. The molecule has 0 aliphatic rings. The fourth-order valence-corrected chi connectivity index (χ4v) is 3.44. The molecule has 9 heteroatoms. The van der Waals surface area contributed by atoms with E-state index in [4.69, 9.17) is 0 Å². The maximum Gasteiger partial charge on any atom is 0.418 e. The fourth-order valence-electron chi connectivity index (χ4n) is 2.65. The summed E-state index contributed by atoms with van der Waals surface area (Å²) in [4.78, 5) is 27.0. The van der Waals surface area contributed by atoms with Crippen molar-refractivity contribution in [2.45, 2.75) is 18.0 Å². The Morgan fingerprint density at radius 2 is 1.60 bits per heavy atom. The van der Waals surface area contributed by atoms with Crippen molar-refractivity contribution in [1.29, 1.82) is 0 Å². The highest BCUT2D eigenvalue weighted by Crippen LogP contribution is 2.34. The molecule has 2 amide bonds. The van der Waals surface area contributed by atoms with Crippen LogP contribution in [0.15, 0.2) is 59.5 Å². The molecule has 0 fully saturated rings. The predicted octanol–water partition coefficient (Wildman–Crippen LogP) is 3.87. The number of anilines is 1. The molecule has 0 bridgehead atoms. The van der Waals surface area contributed by atoms with E-state index in [2.05, 4.69) is 10.6 Å². The summed E-state index contributed by atoms with van der Waals surface area (Å²) in [6, 6.07) is 14.6. The second-order valence-corrected chi connectivity index (χ2v) is 7.57. The van der Waals surface area contributed by atoms with E-state index in [1.54, 1.807) is 23.6 Å². The summed E-state index contributed by atoms with van der Waals surface area (Å²) in [5, 5.41) is 5.08. The van der Waals surface area contributed by atoms with Crippen molar-refractivity contribution in [2.24, 2.45) is 0 Å². The quantitative estimate of drug-likeness (QED) is 0.436. The molecular formula is C21H24F3N3O2S. The Bertz CT molecular complexity index is 832. The van der Waals surface area contributed by atoms with Gasteiger partial charge in [0.05, 0.1) is 24.3 Å². The van der Waals surface area contributed by atoms with Gasteiger partial charge in [-0.25, -0.2) is 0 Å². The molecule has 2 N–H and O–H groups in total. The van der Waals surface area contributed by atoms with E-state index in [9.17, 15) is 22.8 Å². The number of carbonyl (C=O) groups is 2. The van der Waals surface area contributed by atoms with Crippen LogP contribution in [0.1, 0.15) is 12.5 Å². The first-order chi connectivity index (χ1) is 14.3. The van der Waals surface area contributed by atoms with E-state index in [-0.39, 0.29) is 24.7 Å². The molecule has 5 nitrogen and oxygen atoms in total. The fraction of sp³-hybridized carbons (Fsp3) is 0.333. The van der Waals surface area contributed by atoms with Gasteiger partial charge in [-0.1, -0.05) is 37.3 Å². The highest BCUT2D eigenvalue weighted by molar-refractivity contribution is 7.99. The van der Waals surface area contributed by atoms with Crippen LogP contribution in [-0.2, 0) is 15.8 Å². The SMILES string of the molecule is CCN(CC(=O)NCCSc1ccccc1)CC(=O)Nc1ccccc1C(F)(F)F. The van der Waals surface area contributed by atoms with Crippen molar-refractivity contribution in [2.75, 3.05) is 37.2 Å². The number of alkyl halides is 3. The third-order valence-electron chi connectivity index (χ3n) is 4.12. The number of halogens is 3. The zero-order valence-corrected chi connectivity index (χ0v) is 17.4. The number of para-hydroxylation sites is 1. The van der Waals surface area contributed by atoms with Gasteiger partial charge in [-0.2, -0.15) is 13.2 Å². The van der Waals surface area contributed by atoms with Crippen molar-refractivity contribution in [3.05, 3.63) is 60.2 Å². The summed E-state index contributed by atoms with van der Waals surface area (Å²) in [5.74, 6) is -0.147. The van der Waals surface area contributed by atoms with Gasteiger partial charge in [-0.3, -0.25) is 14.5 Å². The summed E-state index contributed by atoms with van der Waals surface area (Å²) < 4.78 is 39.1. The van der Waals surface area contributed by atoms with Crippen LogP contribution in [0.2, 0.25) is 0 Å². The molecule has 0 saturated heterocycles. The second kappa shape index (κ2) is 11.6. The van der Waals surface area contributed by atoms with Crippen LogP contribution in [0.5, 0.6) is 0 Å². The van der Waals surface area contributed by atoms with Crippen LogP contribution in [0, 0.1) is 0 Å². The number of rotatable bonds is 10. The van der Waals surface area contributed by atoms with E-state index >= 15 is 0 Å². The van der Waals surface area contributed by atoms with Gasteiger partial charge in [0, 0.05) is 17.2 Å². The Balaban J connectivity index is 1.78. The Hall–Kier alpha value is -2.52. The summed E-state index contributed by atoms with van der Waals surface area (Å²) in [5.41, 5.74) is -1.21. The summed E-state index contributed by atoms with van der Waals surface area (Å²) >= 11 is 1.62. The van der Waals surface area contributed by atoms with Crippen molar-refractivity contribution in [3.63, 3.8) is 0 Å². The van der Waals surface area contributed by atoms with Crippen molar-refractivity contribution >= 4 is 29.3 Å². The van der Waals surface area contributed by atoms with Crippen molar-refractivity contribution in [3.8, 4) is 0 Å². The van der Waals surface area contributed by atoms with Gasteiger partial charge in [0.15, 0.2) is 0 Å². The van der Waals surface area contributed by atoms with E-state index in [1.165, 1.54) is 18.2 Å². The Labute approximate surface area is 178 Å². The molecular weight excluding hydrogens is 415 g/mol. The molecule has 0 unspecified atom stereocenters. The third kappa shape index (κ3) is 8.08. The van der Waals surface area contributed by atoms with E-state index < -0.39 is 17.6 Å². The normalized spacial score (nSPS) is 11.4. The first-order valence-corrected chi connectivity index (χ1v) is 10.4. The average Bonchev–Trinajstić information content (AvgIpc) is 2.71. The highest BCUT2D eigenvalue weighted by atomic mass is 32.2. The van der Waals surface area contributed by atoms with Crippen molar-refractivity contribution < 1.29 is 22.8 Å². The molecule has 2 aromatic carbocycles. The van der Waals surface area contributed by atoms with Gasteiger partial charge >= 0.3 is 6.18 Å². The highest BCUT2D eigenvalue weighted by Gasteiger charge is 2.33. The van der Waals surface area contributed by atoms with Crippen LogP contribution >= 0.6 is 11.8 Å². The molecule has 0 aliphatic heterocycles. The Morgan fingerprint density at radius 3 is 2.27 bits per heavy atom. The molecule has 0 heterocycles. The maximum absolute atomic E-state index is 13.0. The monoisotopic (exact) mass is 439 g/mol. The molecule has 162 valence electrons. The number of hydrogen-bond acceptors (Lipinski definition) is 4. The summed E-state index contributed by atoms with van der Waals surface area (Å²) in [6.07, 6.45) is -4.56. The van der Waals surface area contributed by atoms with Gasteiger partial charge in [0.1, 0.15) is 0 Å². The molecule has 2 aromatic rings. The number of nitrogens with one attached hydrogen (secondary N) is 2. The number of amides is 2. The molecule has 0 spiro atoms. The zero-order valence-electron chi connectivity index (χ0n) is 16.5.